The minimum absolute atomic E-state index is 0.00369. The van der Waals surface area contributed by atoms with Crippen LogP contribution in [0.3, 0.4) is 0 Å². The first kappa shape index (κ1) is 32.6. The van der Waals surface area contributed by atoms with Crippen LogP contribution in [0.1, 0.15) is 46.6 Å². The number of hydrogen-bond acceptors (Lipinski definition) is 8. The van der Waals surface area contributed by atoms with E-state index < -0.39 is 41.1 Å². The number of pyridine rings is 1. The van der Waals surface area contributed by atoms with Gasteiger partial charge in [-0.05, 0) is 61.2 Å². The Morgan fingerprint density at radius 3 is 2.74 bits per heavy atom. The third-order valence-electron chi connectivity index (χ3n) is 8.14. The Bertz CT molecular complexity index is 1820. The molecule has 0 bridgehead atoms. The van der Waals surface area contributed by atoms with Crippen molar-refractivity contribution in [1.29, 1.82) is 0 Å². The first-order valence-corrected chi connectivity index (χ1v) is 14.7. The number of anilines is 1. The van der Waals surface area contributed by atoms with Gasteiger partial charge in [-0.15, -0.1) is 0 Å². The molecule has 1 unspecified atom stereocenters. The van der Waals surface area contributed by atoms with Crippen molar-refractivity contribution in [2.45, 2.75) is 43.8 Å². The van der Waals surface area contributed by atoms with Crippen LogP contribution in [0.15, 0.2) is 59.1 Å². The molecule has 0 saturated carbocycles. The van der Waals surface area contributed by atoms with Crippen molar-refractivity contribution in [2.75, 3.05) is 37.5 Å². The molecule has 0 radical (unpaired) electrons. The number of aromatic nitrogens is 3. The first-order valence-electron chi connectivity index (χ1n) is 14.3. The van der Waals surface area contributed by atoms with E-state index in [1.807, 2.05) is 0 Å². The van der Waals surface area contributed by atoms with E-state index in [0.717, 1.165) is 22.9 Å². The normalized spacial score (nSPS) is 17.9. The highest BCUT2D eigenvalue weighted by Gasteiger charge is 2.47. The molecular weight excluding hydrogens is 631 g/mol. The average molecular weight is 662 g/mol. The van der Waals surface area contributed by atoms with Crippen molar-refractivity contribution >= 4 is 29.1 Å². The number of carbonyl (C=O) groups is 2. The zero-order valence-corrected chi connectivity index (χ0v) is 25.5. The molecule has 12 nitrogen and oxygen atoms in total. The van der Waals surface area contributed by atoms with Gasteiger partial charge in [0.2, 0.25) is 5.91 Å². The molecular formula is C30H31ClF3N7O5. The van der Waals surface area contributed by atoms with E-state index in [0.29, 0.717) is 43.5 Å². The van der Waals surface area contributed by atoms with Gasteiger partial charge in [0.05, 0.1) is 16.3 Å². The number of amides is 2. The number of likely N-dealkylation sites (tertiary alicyclic amines) is 1. The molecule has 1 saturated heterocycles. The summed E-state index contributed by atoms with van der Waals surface area (Å²) in [6.45, 7) is 3.66. The second-order valence-electron chi connectivity index (χ2n) is 11.0. The Labute approximate surface area is 265 Å². The maximum atomic E-state index is 14.1. The zero-order valence-electron chi connectivity index (χ0n) is 24.7. The van der Waals surface area contributed by atoms with Gasteiger partial charge in [0.1, 0.15) is 18.9 Å². The van der Waals surface area contributed by atoms with Crippen LogP contribution in [0.25, 0.3) is 0 Å². The number of benzene rings is 1. The highest BCUT2D eigenvalue weighted by atomic mass is 35.5. The number of fused-ring (bicyclic) bond motifs is 2. The molecule has 1 aromatic carbocycles. The minimum Gasteiger partial charge on any atom is -0.505 e. The summed E-state index contributed by atoms with van der Waals surface area (Å²) in [4.78, 5) is 51.8. The van der Waals surface area contributed by atoms with E-state index in [1.165, 1.54) is 36.0 Å². The van der Waals surface area contributed by atoms with Crippen molar-refractivity contribution in [3.8, 4) is 5.75 Å². The van der Waals surface area contributed by atoms with Crippen LogP contribution in [0.2, 0.25) is 5.02 Å². The quantitative estimate of drug-likeness (QED) is 0.191. The number of nitrogens with one attached hydrogen (secondary N) is 2. The standard InChI is InChI=1S/C30H31ClF3N7O5/c1-3-14-46-38-28-40(16-23(43)37-20-9-8-18(15-19(20)31)30(32,33)34)21-6-4-10-29(24(21)26(44)41(28)35-2)11-13-39(17-29)27(45)25-22(42)7-5-12-36-25/h3,5,7-9,12,15,35,42H,1,4,6,10-11,13-14,16-17H2,2H3,(H,37,43)/b38-28-. The van der Waals surface area contributed by atoms with Gasteiger partial charge in [-0.1, -0.05) is 24.3 Å². The van der Waals surface area contributed by atoms with Crippen LogP contribution in [0, 0.1) is 0 Å². The number of nitrogens with zero attached hydrogens (tertiary/aromatic N) is 5. The summed E-state index contributed by atoms with van der Waals surface area (Å²) in [6, 6.07) is 5.48. The van der Waals surface area contributed by atoms with Gasteiger partial charge in [-0.25, -0.2) is 4.98 Å². The smallest absolute Gasteiger partial charge is 0.416 e. The van der Waals surface area contributed by atoms with E-state index >= 15 is 0 Å². The third-order valence-corrected chi connectivity index (χ3v) is 8.45. The molecule has 5 rings (SSSR count). The molecule has 3 N–H and O–H groups in total. The summed E-state index contributed by atoms with van der Waals surface area (Å²) >= 11 is 6.08. The Kier molecular flexibility index (Phi) is 9.15. The van der Waals surface area contributed by atoms with Crippen molar-refractivity contribution in [2.24, 2.45) is 5.16 Å². The Hall–Kier alpha value is -4.79. The van der Waals surface area contributed by atoms with Gasteiger partial charge < -0.3 is 30.2 Å². The number of carbonyl (C=O) groups excluding carboxylic acids is 2. The lowest BCUT2D eigenvalue weighted by Gasteiger charge is -2.36. The molecule has 1 atom stereocenters. The molecule has 1 aliphatic heterocycles. The molecule has 16 heteroatoms. The number of halogens is 4. The highest BCUT2D eigenvalue weighted by Crippen LogP contribution is 2.43. The molecule has 1 fully saturated rings. The topological polar surface area (TPSA) is 143 Å². The SMILES string of the molecule is C=CCO/N=c1/n(CC(=O)Nc2ccc(C(F)(F)F)cc2Cl)c2c(c(=O)n1NC)C1(CCC2)CCN(C(=O)c2ncccc2O)C1. The van der Waals surface area contributed by atoms with Gasteiger partial charge in [0.15, 0.2) is 5.69 Å². The summed E-state index contributed by atoms with van der Waals surface area (Å²) in [5.41, 5.74) is 1.37. The monoisotopic (exact) mass is 661 g/mol. The first-order chi connectivity index (χ1) is 21.9. The average Bonchev–Trinajstić information content (AvgIpc) is 3.43. The second kappa shape index (κ2) is 12.9. The van der Waals surface area contributed by atoms with Crippen LogP contribution in [0.4, 0.5) is 18.9 Å². The Morgan fingerprint density at radius 1 is 1.28 bits per heavy atom. The summed E-state index contributed by atoms with van der Waals surface area (Å²) in [7, 11) is 1.50. The minimum atomic E-state index is -4.61. The predicted octanol–water partition coefficient (Wildman–Crippen LogP) is 3.37. The van der Waals surface area contributed by atoms with E-state index in [4.69, 9.17) is 16.4 Å². The molecule has 3 aromatic rings. The maximum absolute atomic E-state index is 14.1. The molecule has 2 amide bonds. The van der Waals surface area contributed by atoms with Gasteiger partial charge in [0, 0.05) is 43.0 Å². The van der Waals surface area contributed by atoms with Crippen LogP contribution in [-0.2, 0) is 34.2 Å². The Balaban J connectivity index is 1.56. The largest absolute Gasteiger partial charge is 0.505 e. The number of rotatable bonds is 8. The molecule has 244 valence electrons. The molecule has 1 aliphatic carbocycles. The van der Waals surface area contributed by atoms with Crippen molar-refractivity contribution in [3.05, 3.63) is 92.7 Å². The van der Waals surface area contributed by atoms with Crippen LogP contribution in [-0.4, -0.2) is 62.8 Å². The number of hydrogen-bond donors (Lipinski definition) is 3. The van der Waals surface area contributed by atoms with Crippen molar-refractivity contribution < 1.29 is 32.7 Å². The van der Waals surface area contributed by atoms with Gasteiger partial charge in [0.25, 0.3) is 17.1 Å². The van der Waals surface area contributed by atoms with Crippen molar-refractivity contribution in [3.63, 3.8) is 0 Å². The third kappa shape index (κ3) is 6.18. The molecule has 2 aromatic heterocycles. The molecule has 1 spiro atoms. The number of aromatic hydroxyl groups is 1. The second-order valence-corrected chi connectivity index (χ2v) is 11.4. The summed E-state index contributed by atoms with van der Waals surface area (Å²) < 4.78 is 42.1. The van der Waals surface area contributed by atoms with Gasteiger partial charge >= 0.3 is 6.18 Å². The van der Waals surface area contributed by atoms with Crippen LogP contribution >= 0.6 is 11.6 Å². The maximum Gasteiger partial charge on any atom is 0.416 e. The highest BCUT2D eigenvalue weighted by molar-refractivity contribution is 6.33. The summed E-state index contributed by atoms with van der Waals surface area (Å²) in [5.74, 6) is -1.37. The van der Waals surface area contributed by atoms with E-state index in [2.05, 4.69) is 27.5 Å². The van der Waals surface area contributed by atoms with E-state index in [1.54, 1.807) is 4.90 Å². The fourth-order valence-electron chi connectivity index (χ4n) is 6.11. The van der Waals surface area contributed by atoms with Crippen LogP contribution < -0.4 is 21.9 Å². The zero-order chi connectivity index (χ0) is 33.2. The van der Waals surface area contributed by atoms with E-state index in [9.17, 15) is 32.7 Å². The Morgan fingerprint density at radius 2 is 2.07 bits per heavy atom. The van der Waals surface area contributed by atoms with Crippen molar-refractivity contribution in [1.82, 2.24) is 19.1 Å². The summed E-state index contributed by atoms with van der Waals surface area (Å²) in [6.07, 6.45) is 0.273. The lowest BCUT2D eigenvalue weighted by atomic mass is 9.71. The fraction of sp³-hybridized carbons (Fsp3) is 0.367. The number of alkyl halides is 3. The lowest BCUT2D eigenvalue weighted by Crippen LogP contribution is -2.53. The summed E-state index contributed by atoms with van der Waals surface area (Å²) in [5, 5.41) is 16.6. The van der Waals surface area contributed by atoms with E-state index in [-0.39, 0.29) is 40.9 Å². The molecule has 2 aliphatic rings. The lowest BCUT2D eigenvalue weighted by molar-refractivity contribution is -0.137. The van der Waals surface area contributed by atoms with Crippen LogP contribution in [0.5, 0.6) is 5.75 Å². The fourth-order valence-corrected chi connectivity index (χ4v) is 6.34. The molecule has 46 heavy (non-hydrogen) atoms. The van der Waals surface area contributed by atoms with Gasteiger partial charge in [-0.3, -0.25) is 14.4 Å². The predicted molar refractivity (Wildman–Crippen MR) is 162 cm³/mol. The van der Waals surface area contributed by atoms with Gasteiger partial charge in [-0.2, -0.15) is 17.8 Å². The molecule has 3 heterocycles.